The third-order valence-electron chi connectivity index (χ3n) is 7.74. The van der Waals surface area contributed by atoms with Crippen LogP contribution in [0.4, 0.5) is 0 Å². The molecule has 250 valence electrons. The van der Waals surface area contributed by atoms with E-state index < -0.39 is 0 Å². The van der Waals surface area contributed by atoms with Gasteiger partial charge in [0.1, 0.15) is 0 Å². The van der Waals surface area contributed by atoms with Crippen molar-refractivity contribution in [1.82, 2.24) is 14.8 Å². The van der Waals surface area contributed by atoms with Gasteiger partial charge in [0.15, 0.2) is 0 Å². The fourth-order valence-corrected chi connectivity index (χ4v) is 6.02. The van der Waals surface area contributed by atoms with Crippen LogP contribution < -0.4 is 5.73 Å². The number of likely N-dealkylation sites (tertiary alicyclic amines) is 1. The molecule has 43 heavy (non-hydrogen) atoms. The van der Waals surface area contributed by atoms with E-state index in [2.05, 4.69) is 52.3 Å². The van der Waals surface area contributed by atoms with Gasteiger partial charge in [-0.15, -0.1) is 11.3 Å². The maximum atomic E-state index is 12.2. The van der Waals surface area contributed by atoms with Crippen molar-refractivity contribution in [2.75, 3.05) is 27.8 Å². The lowest BCUT2D eigenvalue weighted by Crippen LogP contribution is -2.49. The zero-order chi connectivity index (χ0) is 33.4. The van der Waals surface area contributed by atoms with Gasteiger partial charge in [-0.2, -0.15) is 0 Å². The van der Waals surface area contributed by atoms with Gasteiger partial charge in [-0.25, -0.2) is 4.98 Å². The minimum Gasteiger partial charge on any atom is -0.379 e. The topological polar surface area (TPSA) is 115 Å². The fraction of sp³-hybridized carbons (Fsp3) is 0.758. The number of methoxy groups -OCH3 is 2. The first-order valence-corrected chi connectivity index (χ1v) is 16.5. The van der Waals surface area contributed by atoms with Gasteiger partial charge in [-0.05, 0) is 50.9 Å². The van der Waals surface area contributed by atoms with E-state index in [1.54, 1.807) is 25.6 Å². The van der Waals surface area contributed by atoms with Crippen molar-refractivity contribution in [1.29, 1.82) is 0 Å². The van der Waals surface area contributed by atoms with Crippen LogP contribution in [-0.4, -0.2) is 85.6 Å². The van der Waals surface area contributed by atoms with Gasteiger partial charge in [0.2, 0.25) is 18.7 Å². The minimum atomic E-state index is 0.0987. The second-order valence-corrected chi connectivity index (χ2v) is 12.3. The third kappa shape index (κ3) is 16.9. The van der Waals surface area contributed by atoms with Crippen LogP contribution in [0.5, 0.6) is 0 Å². The molecule has 1 aromatic heterocycles. The van der Waals surface area contributed by atoms with Crippen LogP contribution >= 0.6 is 11.3 Å². The smallest absolute Gasteiger partial charge is 0.222 e. The van der Waals surface area contributed by atoms with Crippen LogP contribution in [0.25, 0.3) is 0 Å². The quantitative estimate of drug-likeness (QED) is 0.201. The standard InChI is InChI=1S/C15H31NO2.C13H20N2O2S.C4H8.CH3NO/c1-8-12(5)15(13(9-2)18-7)16(6)14(17)10-11(3)4;1-10(8-12-14-5-7-18-12)13(17-2)11-4-3-6-15(11)9-16;1-3-4-2;2-1-3/h11-13,15H,8-10H2,1-7H3;5,7,9-11,13H,3-4,6,8H2,1-2H3;3-4H,1-2H3;1H,(H2,2,3)/b;;4-3+;. The Morgan fingerprint density at radius 1 is 1.12 bits per heavy atom. The molecule has 9 nitrogen and oxygen atoms in total. The van der Waals surface area contributed by atoms with Crippen LogP contribution in [0.15, 0.2) is 23.7 Å². The molecule has 6 unspecified atom stereocenters. The van der Waals surface area contributed by atoms with Crippen molar-refractivity contribution >= 4 is 30.1 Å². The molecule has 1 aliphatic rings. The predicted molar refractivity (Wildman–Crippen MR) is 179 cm³/mol. The summed E-state index contributed by atoms with van der Waals surface area (Å²) in [5, 5.41) is 3.14. The highest BCUT2D eigenvalue weighted by Crippen LogP contribution is 2.27. The van der Waals surface area contributed by atoms with Crippen molar-refractivity contribution < 1.29 is 23.9 Å². The number of ether oxygens (including phenoxy) is 2. The third-order valence-corrected chi connectivity index (χ3v) is 8.54. The van der Waals surface area contributed by atoms with Gasteiger partial charge in [0, 0.05) is 52.2 Å². The second kappa shape index (κ2) is 26.1. The first-order valence-electron chi connectivity index (χ1n) is 15.6. The Bertz CT molecular complexity index is 844. The summed E-state index contributed by atoms with van der Waals surface area (Å²) in [6, 6.07) is 0.402. The summed E-state index contributed by atoms with van der Waals surface area (Å²) >= 11 is 1.68. The van der Waals surface area contributed by atoms with Gasteiger partial charge in [0.25, 0.3) is 0 Å². The number of carbonyl (C=O) groups is 3. The van der Waals surface area contributed by atoms with Crippen LogP contribution in [0.2, 0.25) is 0 Å². The largest absolute Gasteiger partial charge is 0.379 e. The Morgan fingerprint density at radius 2 is 1.72 bits per heavy atom. The highest BCUT2D eigenvalue weighted by Gasteiger charge is 2.34. The number of hydrogen-bond donors (Lipinski definition) is 1. The summed E-state index contributed by atoms with van der Waals surface area (Å²) in [5.41, 5.74) is 4.17. The van der Waals surface area contributed by atoms with E-state index in [0.29, 0.717) is 24.2 Å². The summed E-state index contributed by atoms with van der Waals surface area (Å²) in [6.07, 6.45) is 12.9. The number of carbonyl (C=O) groups excluding carboxylic acids is 3. The molecule has 0 spiro atoms. The lowest BCUT2D eigenvalue weighted by Gasteiger charge is -2.37. The van der Waals surface area contributed by atoms with Gasteiger partial charge in [-0.1, -0.05) is 60.1 Å². The average Bonchev–Trinajstić information content (AvgIpc) is 3.68. The maximum Gasteiger partial charge on any atom is 0.222 e. The lowest BCUT2D eigenvalue weighted by molar-refractivity contribution is -0.137. The molecule has 1 aromatic rings. The number of nitrogens with two attached hydrogens (primary N) is 1. The molecular weight excluding hydrogens is 564 g/mol. The van der Waals surface area contributed by atoms with Crippen molar-refractivity contribution in [3.63, 3.8) is 0 Å². The van der Waals surface area contributed by atoms with E-state index in [1.165, 1.54) is 0 Å². The number of amides is 3. The lowest BCUT2D eigenvalue weighted by atomic mass is 9.91. The highest BCUT2D eigenvalue weighted by molar-refractivity contribution is 7.09. The molecule has 0 aliphatic carbocycles. The van der Waals surface area contributed by atoms with E-state index in [9.17, 15) is 9.59 Å². The normalized spacial score (nSPS) is 17.7. The van der Waals surface area contributed by atoms with Crippen LogP contribution in [0, 0.1) is 17.8 Å². The molecule has 1 fully saturated rings. The van der Waals surface area contributed by atoms with Gasteiger partial charge >= 0.3 is 0 Å². The Labute approximate surface area is 266 Å². The zero-order valence-corrected chi connectivity index (χ0v) is 29.6. The number of primary amides is 1. The summed E-state index contributed by atoms with van der Waals surface area (Å²) in [7, 11) is 5.40. The van der Waals surface area contributed by atoms with Crippen molar-refractivity contribution in [3.8, 4) is 0 Å². The number of aromatic nitrogens is 1. The fourth-order valence-electron chi connectivity index (χ4n) is 5.26. The van der Waals surface area contributed by atoms with Crippen LogP contribution in [0.3, 0.4) is 0 Å². The molecule has 0 radical (unpaired) electrons. The Morgan fingerprint density at radius 3 is 2.12 bits per heavy atom. The molecule has 10 heteroatoms. The maximum absolute atomic E-state index is 12.2. The minimum absolute atomic E-state index is 0.0987. The van der Waals surface area contributed by atoms with E-state index in [4.69, 9.17) is 14.3 Å². The van der Waals surface area contributed by atoms with Crippen molar-refractivity contribution in [3.05, 3.63) is 28.7 Å². The first kappa shape index (κ1) is 42.8. The van der Waals surface area contributed by atoms with E-state index in [0.717, 1.165) is 50.1 Å². The van der Waals surface area contributed by atoms with Crippen LogP contribution in [-0.2, 0) is 30.3 Å². The number of hydrogen-bond acceptors (Lipinski definition) is 7. The van der Waals surface area contributed by atoms with Crippen molar-refractivity contribution in [2.24, 2.45) is 23.5 Å². The number of thiazole rings is 1. The number of rotatable bonds is 14. The molecule has 1 aliphatic heterocycles. The molecule has 0 aromatic carbocycles. The van der Waals surface area contributed by atoms with E-state index in [-0.39, 0.29) is 36.6 Å². The molecule has 2 rings (SSSR count). The monoisotopic (exact) mass is 626 g/mol. The molecule has 0 saturated carbocycles. The molecule has 0 bridgehead atoms. The average molecular weight is 627 g/mol. The summed E-state index contributed by atoms with van der Waals surface area (Å²) in [6.45, 7) is 17.7. The predicted octanol–water partition coefficient (Wildman–Crippen LogP) is 5.97. The van der Waals surface area contributed by atoms with E-state index >= 15 is 0 Å². The van der Waals surface area contributed by atoms with E-state index in [1.807, 2.05) is 54.4 Å². The summed E-state index contributed by atoms with van der Waals surface area (Å²) < 4.78 is 11.2. The molecule has 2 N–H and O–H groups in total. The molecule has 6 atom stereocenters. The van der Waals surface area contributed by atoms with Crippen molar-refractivity contribution in [2.45, 2.75) is 118 Å². The zero-order valence-electron chi connectivity index (χ0n) is 28.8. The Kier molecular flexibility index (Phi) is 26.0. The number of allylic oxidation sites excluding steroid dienone is 2. The first-order chi connectivity index (χ1) is 20.5. The van der Waals surface area contributed by atoms with Gasteiger partial charge in [-0.3, -0.25) is 14.4 Å². The molecular formula is C33H62N4O5S. The second-order valence-electron chi connectivity index (χ2n) is 11.3. The summed E-state index contributed by atoms with van der Waals surface area (Å²) in [5.74, 6) is 1.45. The SMILES string of the molecule is C/C=C/C.CCC(C)C(C(CC)OC)N(C)C(=O)CC(C)C.COC(C(C)Cc1nccs1)C1CCCN1C=O.NC=O. The molecule has 1 saturated heterocycles. The van der Waals surface area contributed by atoms with Gasteiger partial charge < -0.3 is 25.0 Å². The van der Waals surface area contributed by atoms with Crippen LogP contribution in [0.1, 0.15) is 92.5 Å². The molecule has 2 heterocycles. The Hall–Kier alpha value is -2.30. The molecule has 3 amide bonds. The number of likely N-dealkylation sites (N-methyl/N-ethyl adjacent to an activating group) is 1. The van der Waals surface area contributed by atoms with Gasteiger partial charge in [0.05, 0.1) is 29.3 Å². The summed E-state index contributed by atoms with van der Waals surface area (Å²) in [4.78, 5) is 40.0. The Balaban J connectivity index is 0. The highest BCUT2D eigenvalue weighted by atomic mass is 32.1. The number of nitrogens with zero attached hydrogens (tertiary/aromatic N) is 3.